The first-order chi connectivity index (χ1) is 22.2. The Morgan fingerprint density at radius 2 is 1.02 bits per heavy atom. The first-order valence-electron chi connectivity index (χ1n) is 15.0. The van der Waals surface area contributed by atoms with E-state index in [1.807, 2.05) is 81.9 Å². The van der Waals surface area contributed by atoms with E-state index in [4.69, 9.17) is 9.97 Å². The molecular weight excluding hydrogens is 844 g/mol. The topological polar surface area (TPSA) is 92.1 Å². The molecule has 0 saturated heterocycles. The van der Waals surface area contributed by atoms with Gasteiger partial charge in [0.15, 0.2) is 5.78 Å². The molecule has 2 saturated carbocycles. The molecule has 2 aromatic carbocycles. The lowest BCUT2D eigenvalue weighted by atomic mass is 9.78. The zero-order valence-corrected chi connectivity index (χ0v) is 30.5. The highest BCUT2D eigenvalue weighted by atomic mass is 79.9. The van der Waals surface area contributed by atoms with Gasteiger partial charge in [0.1, 0.15) is 22.8 Å². The molecule has 0 aliphatic heterocycles. The van der Waals surface area contributed by atoms with Gasteiger partial charge < -0.3 is 19.0 Å². The van der Waals surface area contributed by atoms with Crippen LogP contribution in [-0.2, 0) is 4.79 Å². The molecule has 2 unspecified atom stereocenters. The van der Waals surface area contributed by atoms with Crippen molar-refractivity contribution < 1.29 is 15.0 Å². The third kappa shape index (κ3) is 5.14. The number of phenolic OH excluding ortho intramolecular Hbond substituents is 2. The lowest BCUT2D eigenvalue weighted by Crippen LogP contribution is -2.26. The van der Waals surface area contributed by atoms with Crippen molar-refractivity contribution in [3.05, 3.63) is 125 Å². The van der Waals surface area contributed by atoms with Gasteiger partial charge >= 0.3 is 0 Å². The average molecular weight is 870 g/mol. The summed E-state index contributed by atoms with van der Waals surface area (Å²) < 4.78 is 6.02. The van der Waals surface area contributed by atoms with Gasteiger partial charge in [0.2, 0.25) is 0 Å². The molecule has 46 heavy (non-hydrogen) atoms. The molecule has 11 heteroatoms. The van der Waals surface area contributed by atoms with Gasteiger partial charge in [-0.1, -0.05) is 12.1 Å². The first kappa shape index (κ1) is 30.4. The Bertz CT molecular complexity index is 2000. The summed E-state index contributed by atoms with van der Waals surface area (Å²) in [4.78, 5) is 26.0. The van der Waals surface area contributed by atoms with Crippen molar-refractivity contribution >= 4 is 80.8 Å². The van der Waals surface area contributed by atoms with Crippen LogP contribution in [-0.4, -0.2) is 34.8 Å². The number of halogens is 4. The summed E-state index contributed by atoms with van der Waals surface area (Å²) in [6, 6.07) is 19.1. The standard InChI is InChI=1S/C35H26Br4N4O3/c36-21-13-19(14-22(37)33(21)44)27(31-29(17-7-8-17)40-25-5-1-3-11-42(25)31)35(46)28(20-15-23(38)34(45)24(39)16-20)32-30(18-9-10-18)41-26-6-2-4-12-43(26)32/h1-6,11-18,27-28,44-45H,7-10H2. The number of carbonyl (C=O) groups excluding carboxylic acids is 1. The molecule has 2 aliphatic carbocycles. The van der Waals surface area contributed by atoms with E-state index in [1.54, 1.807) is 0 Å². The minimum Gasteiger partial charge on any atom is -0.506 e. The summed E-state index contributed by atoms with van der Waals surface area (Å²) in [5.74, 6) is -0.927. The second-order valence-electron chi connectivity index (χ2n) is 12.1. The van der Waals surface area contributed by atoms with Crippen LogP contribution in [0.25, 0.3) is 11.3 Å². The lowest BCUT2D eigenvalue weighted by molar-refractivity contribution is -0.120. The maximum Gasteiger partial charge on any atom is 0.159 e. The molecule has 2 fully saturated rings. The number of aromatic nitrogens is 4. The Morgan fingerprint density at radius 1 is 0.652 bits per heavy atom. The predicted molar refractivity (Wildman–Crippen MR) is 190 cm³/mol. The number of imidazole rings is 2. The molecule has 6 aromatic rings. The molecule has 2 N–H and O–H groups in total. The van der Waals surface area contributed by atoms with Gasteiger partial charge in [0.25, 0.3) is 0 Å². The molecule has 0 radical (unpaired) electrons. The van der Waals surface area contributed by atoms with Gasteiger partial charge in [-0.15, -0.1) is 0 Å². The zero-order chi connectivity index (χ0) is 31.9. The molecule has 7 nitrogen and oxygen atoms in total. The van der Waals surface area contributed by atoms with E-state index in [1.165, 1.54) is 0 Å². The van der Waals surface area contributed by atoms with Crippen molar-refractivity contribution in [1.82, 2.24) is 18.8 Å². The minimum atomic E-state index is -0.765. The van der Waals surface area contributed by atoms with E-state index in [2.05, 4.69) is 63.7 Å². The minimum absolute atomic E-state index is 0.0610. The monoisotopic (exact) mass is 866 g/mol. The van der Waals surface area contributed by atoms with Crippen molar-refractivity contribution in [2.24, 2.45) is 0 Å². The van der Waals surface area contributed by atoms with Gasteiger partial charge in [0, 0.05) is 24.2 Å². The third-order valence-electron chi connectivity index (χ3n) is 8.98. The van der Waals surface area contributed by atoms with Crippen LogP contribution in [0.5, 0.6) is 11.5 Å². The Kier molecular flexibility index (Phi) is 7.66. The van der Waals surface area contributed by atoms with Crippen molar-refractivity contribution in [2.45, 2.75) is 49.4 Å². The van der Waals surface area contributed by atoms with Crippen LogP contribution in [0.15, 0.2) is 90.9 Å². The van der Waals surface area contributed by atoms with Crippen LogP contribution >= 0.6 is 63.7 Å². The molecular formula is C35H26Br4N4O3. The number of hydrogen-bond donors (Lipinski definition) is 2. The highest BCUT2D eigenvalue weighted by molar-refractivity contribution is 9.11. The van der Waals surface area contributed by atoms with Gasteiger partial charge in [0.05, 0.1) is 52.5 Å². The maximum atomic E-state index is 15.9. The Hall–Kier alpha value is -2.99. The second-order valence-corrected chi connectivity index (χ2v) is 15.5. The number of Topliss-reactive ketones (excluding diaryl/α,β-unsaturated/α-hetero) is 1. The van der Waals surface area contributed by atoms with Crippen molar-refractivity contribution in [3.63, 3.8) is 0 Å². The summed E-state index contributed by atoms with van der Waals surface area (Å²) >= 11 is 14.2. The van der Waals surface area contributed by atoms with Crippen molar-refractivity contribution in [3.8, 4) is 11.5 Å². The summed E-state index contributed by atoms with van der Waals surface area (Å²) in [5.41, 5.74) is 6.53. The van der Waals surface area contributed by atoms with E-state index in [0.29, 0.717) is 17.9 Å². The number of nitrogens with zero attached hydrogens (tertiary/aromatic N) is 4. The van der Waals surface area contributed by atoms with E-state index in [0.717, 1.165) is 70.9 Å². The number of benzene rings is 2. The SMILES string of the molecule is O=C(C(c1cc(Br)c(O)c(Br)c1)c1c(C2CC2)nc2ccccn12)C(c1cc(Br)c(O)c(Br)c1)c1c(C2CC2)nc2ccccn12. The second kappa shape index (κ2) is 11.6. The summed E-state index contributed by atoms with van der Waals surface area (Å²) in [5, 5.41) is 21.4. The maximum absolute atomic E-state index is 15.9. The number of aromatic hydroxyl groups is 2. The van der Waals surface area contributed by atoms with Crippen LogP contribution in [0.4, 0.5) is 0 Å². The van der Waals surface area contributed by atoms with Crippen molar-refractivity contribution in [2.75, 3.05) is 0 Å². The smallest absolute Gasteiger partial charge is 0.159 e. The van der Waals surface area contributed by atoms with Gasteiger partial charge in [-0.2, -0.15) is 0 Å². The molecule has 4 heterocycles. The number of carbonyl (C=O) groups is 1. The van der Waals surface area contributed by atoms with Crippen LogP contribution in [0.1, 0.15) is 83.3 Å². The molecule has 0 amide bonds. The lowest BCUT2D eigenvalue weighted by Gasteiger charge is -2.26. The van der Waals surface area contributed by atoms with Crippen LogP contribution < -0.4 is 0 Å². The average Bonchev–Trinajstić information content (AvgIpc) is 3.99. The fourth-order valence-electron chi connectivity index (χ4n) is 6.54. The van der Waals surface area contributed by atoms with E-state index in [-0.39, 0.29) is 29.1 Å². The summed E-state index contributed by atoms with van der Waals surface area (Å²) in [6.07, 6.45) is 8.01. The quantitative estimate of drug-likeness (QED) is 0.159. The molecule has 0 bridgehead atoms. The molecule has 2 atom stereocenters. The zero-order valence-electron chi connectivity index (χ0n) is 24.2. The van der Waals surface area contributed by atoms with E-state index in [9.17, 15) is 10.2 Å². The van der Waals surface area contributed by atoms with E-state index >= 15 is 4.79 Å². The number of fused-ring (bicyclic) bond motifs is 2. The van der Waals surface area contributed by atoms with Gasteiger partial charge in [-0.05, 0) is 149 Å². The van der Waals surface area contributed by atoms with Crippen LogP contribution in [0, 0.1) is 0 Å². The highest BCUT2D eigenvalue weighted by Gasteiger charge is 2.43. The number of hydrogen-bond acceptors (Lipinski definition) is 5. The molecule has 232 valence electrons. The first-order valence-corrected chi connectivity index (χ1v) is 18.2. The number of ketones is 1. The fraction of sp³-hybridized carbons (Fsp3) is 0.229. The predicted octanol–water partition coefficient (Wildman–Crippen LogP) is 9.73. The fourth-order valence-corrected chi connectivity index (χ4v) is 8.98. The summed E-state index contributed by atoms with van der Waals surface area (Å²) in [6.45, 7) is 0. The van der Waals surface area contributed by atoms with Gasteiger partial charge in [-0.25, -0.2) is 9.97 Å². The Labute approximate surface area is 298 Å². The van der Waals surface area contributed by atoms with Crippen LogP contribution in [0.2, 0.25) is 0 Å². The number of pyridine rings is 2. The van der Waals surface area contributed by atoms with Gasteiger partial charge in [-0.3, -0.25) is 4.79 Å². The number of phenols is 2. The largest absolute Gasteiger partial charge is 0.506 e. The highest BCUT2D eigenvalue weighted by Crippen LogP contribution is 2.50. The van der Waals surface area contributed by atoms with Crippen LogP contribution in [0.3, 0.4) is 0 Å². The normalized spacial score (nSPS) is 16.3. The van der Waals surface area contributed by atoms with E-state index < -0.39 is 11.8 Å². The number of rotatable bonds is 8. The molecule has 2 aliphatic rings. The Morgan fingerprint density at radius 3 is 1.37 bits per heavy atom. The molecule has 0 spiro atoms. The third-order valence-corrected chi connectivity index (χ3v) is 11.4. The molecule has 8 rings (SSSR count). The Balaban J connectivity index is 1.45. The molecule has 4 aromatic heterocycles. The van der Waals surface area contributed by atoms with Crippen molar-refractivity contribution in [1.29, 1.82) is 0 Å². The summed E-state index contributed by atoms with van der Waals surface area (Å²) in [7, 11) is 0.